The fraction of sp³-hybridized carbons (Fsp3) is 0.421. The Bertz CT molecular complexity index is 981. The molecule has 0 aliphatic carbocycles. The first-order valence-corrected chi connectivity index (χ1v) is 9.26. The van der Waals surface area contributed by atoms with Crippen molar-refractivity contribution in [2.45, 2.75) is 38.0 Å². The standard InChI is InChI=1S/C19H25N3O3S/c1-11-7-8-12(19(2,3)4)9-14(11)26-10-13(23)15-16(20)21(5)18(25)22(6)17(15)24/h7-9H,10,20H2,1-6H3. The van der Waals surface area contributed by atoms with Crippen LogP contribution >= 0.6 is 11.8 Å². The minimum atomic E-state index is -0.656. The molecule has 26 heavy (non-hydrogen) atoms. The molecule has 0 spiro atoms. The van der Waals surface area contributed by atoms with Crippen LogP contribution in [0.3, 0.4) is 0 Å². The van der Waals surface area contributed by atoms with Crippen molar-refractivity contribution in [3.63, 3.8) is 0 Å². The first-order valence-electron chi connectivity index (χ1n) is 8.27. The second-order valence-corrected chi connectivity index (χ2v) is 8.43. The lowest BCUT2D eigenvalue weighted by molar-refractivity contribution is 0.102. The molecule has 0 saturated carbocycles. The molecule has 0 fully saturated rings. The van der Waals surface area contributed by atoms with Crippen LogP contribution in [0.1, 0.15) is 42.3 Å². The molecule has 1 aromatic carbocycles. The summed E-state index contributed by atoms with van der Waals surface area (Å²) in [4.78, 5) is 37.8. The van der Waals surface area contributed by atoms with Gasteiger partial charge in [-0.15, -0.1) is 11.8 Å². The van der Waals surface area contributed by atoms with Gasteiger partial charge < -0.3 is 5.73 Å². The number of thioether (sulfide) groups is 1. The second-order valence-electron chi connectivity index (χ2n) is 7.41. The Balaban J connectivity index is 2.34. The average molecular weight is 375 g/mol. The monoisotopic (exact) mass is 375 g/mol. The van der Waals surface area contributed by atoms with Gasteiger partial charge >= 0.3 is 5.69 Å². The Kier molecular flexibility index (Phi) is 5.51. The largest absolute Gasteiger partial charge is 0.384 e. The number of nitrogens with zero attached hydrogens (tertiary/aromatic N) is 2. The van der Waals surface area contributed by atoms with Crippen molar-refractivity contribution in [3.05, 3.63) is 55.7 Å². The van der Waals surface area contributed by atoms with Crippen LogP contribution in [0.2, 0.25) is 0 Å². The van der Waals surface area contributed by atoms with Gasteiger partial charge in [0.1, 0.15) is 11.4 Å². The molecule has 0 saturated heterocycles. The van der Waals surface area contributed by atoms with Crippen molar-refractivity contribution in [1.29, 1.82) is 0 Å². The molecule has 0 radical (unpaired) electrons. The first-order chi connectivity index (χ1) is 11.9. The number of ketones is 1. The predicted octanol–water partition coefficient (Wildman–Crippen LogP) is 2.25. The highest BCUT2D eigenvalue weighted by molar-refractivity contribution is 8.00. The molecule has 7 heteroatoms. The van der Waals surface area contributed by atoms with Crippen molar-refractivity contribution in [2.24, 2.45) is 14.1 Å². The molecule has 2 rings (SSSR count). The SMILES string of the molecule is Cc1ccc(C(C)(C)C)cc1SCC(=O)c1c(N)n(C)c(=O)n(C)c1=O. The van der Waals surface area contributed by atoms with Crippen molar-refractivity contribution in [3.8, 4) is 0 Å². The number of hydrogen-bond donors (Lipinski definition) is 1. The van der Waals surface area contributed by atoms with Gasteiger partial charge in [-0.25, -0.2) is 4.79 Å². The molecule has 2 N–H and O–H groups in total. The maximum Gasteiger partial charge on any atom is 0.332 e. The number of carbonyl (C=O) groups is 1. The van der Waals surface area contributed by atoms with E-state index in [0.29, 0.717) is 0 Å². The fourth-order valence-electron chi connectivity index (χ4n) is 2.56. The lowest BCUT2D eigenvalue weighted by Gasteiger charge is -2.20. The number of carbonyl (C=O) groups excluding carboxylic acids is 1. The van der Waals surface area contributed by atoms with Gasteiger partial charge in [0.15, 0.2) is 5.78 Å². The summed E-state index contributed by atoms with van der Waals surface area (Å²) >= 11 is 1.37. The van der Waals surface area contributed by atoms with Gasteiger partial charge in [-0.05, 0) is 29.5 Å². The van der Waals surface area contributed by atoms with Crippen LogP contribution in [-0.2, 0) is 19.5 Å². The highest BCUT2D eigenvalue weighted by Crippen LogP contribution is 2.30. The van der Waals surface area contributed by atoms with E-state index >= 15 is 0 Å². The van der Waals surface area contributed by atoms with Gasteiger partial charge in [-0.2, -0.15) is 0 Å². The zero-order chi connectivity index (χ0) is 19.8. The van der Waals surface area contributed by atoms with Crippen molar-refractivity contribution >= 4 is 23.4 Å². The molecule has 2 aromatic rings. The topological polar surface area (TPSA) is 87.1 Å². The Hall–Kier alpha value is -2.28. The lowest BCUT2D eigenvalue weighted by Crippen LogP contribution is -2.41. The molecule has 0 atom stereocenters. The molecule has 0 bridgehead atoms. The van der Waals surface area contributed by atoms with E-state index in [4.69, 9.17) is 5.73 Å². The number of nitrogen functional groups attached to an aromatic ring is 1. The summed E-state index contributed by atoms with van der Waals surface area (Å²) in [5, 5.41) is 0. The van der Waals surface area contributed by atoms with E-state index in [9.17, 15) is 14.4 Å². The van der Waals surface area contributed by atoms with Gasteiger partial charge in [-0.3, -0.25) is 18.7 Å². The van der Waals surface area contributed by atoms with Crippen molar-refractivity contribution in [2.75, 3.05) is 11.5 Å². The normalized spacial score (nSPS) is 11.6. The Morgan fingerprint density at radius 3 is 2.35 bits per heavy atom. The van der Waals surface area contributed by atoms with E-state index in [2.05, 4.69) is 32.9 Å². The molecule has 1 heterocycles. The first kappa shape index (κ1) is 20.0. The number of rotatable bonds is 4. The van der Waals surface area contributed by atoms with Gasteiger partial charge in [0.25, 0.3) is 5.56 Å². The average Bonchev–Trinajstić information content (AvgIpc) is 2.56. The Morgan fingerprint density at radius 2 is 1.77 bits per heavy atom. The van der Waals surface area contributed by atoms with E-state index in [1.807, 2.05) is 13.0 Å². The van der Waals surface area contributed by atoms with Gasteiger partial charge in [0, 0.05) is 19.0 Å². The molecule has 140 valence electrons. The lowest BCUT2D eigenvalue weighted by atomic mass is 9.87. The van der Waals surface area contributed by atoms with Crippen molar-refractivity contribution < 1.29 is 4.79 Å². The van der Waals surface area contributed by atoms with Crippen molar-refractivity contribution in [1.82, 2.24) is 9.13 Å². The third-order valence-electron chi connectivity index (χ3n) is 4.40. The van der Waals surface area contributed by atoms with Crippen LogP contribution < -0.4 is 17.0 Å². The Morgan fingerprint density at radius 1 is 1.15 bits per heavy atom. The van der Waals surface area contributed by atoms with Gasteiger partial charge in [0.05, 0.1) is 5.75 Å². The van der Waals surface area contributed by atoms with Crippen LogP contribution in [0.4, 0.5) is 5.82 Å². The Labute approximate surface area is 157 Å². The minimum Gasteiger partial charge on any atom is -0.384 e. The third kappa shape index (κ3) is 3.77. The molecule has 0 amide bonds. The predicted molar refractivity (Wildman–Crippen MR) is 106 cm³/mol. The van der Waals surface area contributed by atoms with E-state index in [1.165, 1.54) is 31.4 Å². The maximum atomic E-state index is 12.6. The summed E-state index contributed by atoms with van der Waals surface area (Å²) in [7, 11) is 2.78. The molecule has 1 aromatic heterocycles. The summed E-state index contributed by atoms with van der Waals surface area (Å²) in [5.41, 5.74) is 6.76. The summed E-state index contributed by atoms with van der Waals surface area (Å²) in [6.45, 7) is 8.38. The second kappa shape index (κ2) is 7.15. The van der Waals surface area contributed by atoms with Crippen LogP contribution in [0.15, 0.2) is 32.7 Å². The van der Waals surface area contributed by atoms with E-state index in [0.717, 1.165) is 19.6 Å². The van der Waals surface area contributed by atoms with Gasteiger partial charge in [0.2, 0.25) is 0 Å². The summed E-state index contributed by atoms with van der Waals surface area (Å²) in [5.74, 6) is -0.403. The fourth-order valence-corrected chi connectivity index (χ4v) is 3.50. The number of nitrogens with two attached hydrogens (primary N) is 1. The maximum absolute atomic E-state index is 12.6. The van der Waals surface area contributed by atoms with E-state index in [1.54, 1.807) is 0 Å². The van der Waals surface area contributed by atoms with Crippen LogP contribution in [0.5, 0.6) is 0 Å². The van der Waals surface area contributed by atoms with E-state index < -0.39 is 11.2 Å². The number of aromatic nitrogens is 2. The smallest absolute Gasteiger partial charge is 0.332 e. The molecule has 0 aliphatic heterocycles. The summed E-state index contributed by atoms with van der Waals surface area (Å²) in [6.07, 6.45) is 0. The van der Waals surface area contributed by atoms with Crippen LogP contribution in [0, 0.1) is 6.92 Å². The van der Waals surface area contributed by atoms with E-state index in [-0.39, 0.29) is 28.3 Å². The molecule has 0 aliphatic rings. The number of hydrogen-bond acceptors (Lipinski definition) is 5. The molecular formula is C19H25N3O3S. The quantitative estimate of drug-likeness (QED) is 0.654. The number of aryl methyl sites for hydroxylation is 1. The molecular weight excluding hydrogens is 350 g/mol. The minimum absolute atomic E-state index is 0.00506. The highest BCUT2D eigenvalue weighted by Gasteiger charge is 2.21. The number of Topliss-reactive ketones (excluding diaryl/α,β-unsaturated/α-hetero) is 1. The molecule has 6 nitrogen and oxygen atoms in total. The highest BCUT2D eigenvalue weighted by atomic mass is 32.2. The zero-order valence-corrected chi connectivity index (χ0v) is 16.9. The van der Waals surface area contributed by atoms with Crippen LogP contribution in [-0.4, -0.2) is 20.7 Å². The molecule has 0 unspecified atom stereocenters. The summed E-state index contributed by atoms with van der Waals surface area (Å²) in [6, 6.07) is 6.20. The number of benzene rings is 1. The third-order valence-corrected chi connectivity index (χ3v) is 5.56. The van der Waals surface area contributed by atoms with Gasteiger partial charge in [-0.1, -0.05) is 32.9 Å². The zero-order valence-electron chi connectivity index (χ0n) is 16.0. The number of anilines is 1. The van der Waals surface area contributed by atoms with Crippen LogP contribution in [0.25, 0.3) is 0 Å². The summed E-state index contributed by atoms with van der Waals surface area (Å²) < 4.78 is 2.02.